The summed E-state index contributed by atoms with van der Waals surface area (Å²) < 4.78 is 0. The van der Waals surface area contributed by atoms with E-state index in [9.17, 15) is 0 Å². The van der Waals surface area contributed by atoms with Crippen LogP contribution < -0.4 is 10.6 Å². The maximum absolute atomic E-state index is 5.79. The van der Waals surface area contributed by atoms with Crippen LogP contribution in [0.1, 0.15) is 45.6 Å². The number of nitrogens with zero attached hydrogens (tertiary/aromatic N) is 2. The highest BCUT2D eigenvalue weighted by atomic mass is 15.2. The second-order valence-corrected chi connectivity index (χ2v) is 4.70. The van der Waals surface area contributed by atoms with Gasteiger partial charge in [0, 0.05) is 25.3 Å². The molecule has 0 radical (unpaired) electrons. The molecule has 2 N–H and O–H groups in total. The maximum Gasteiger partial charge on any atom is 0.0600 e. The molecule has 1 heterocycles. The molecule has 96 valence electrons. The van der Waals surface area contributed by atoms with Gasteiger partial charge in [0.25, 0.3) is 0 Å². The molecule has 1 aromatic heterocycles. The predicted octanol–water partition coefficient (Wildman–Crippen LogP) is 2.95. The van der Waals surface area contributed by atoms with Crippen molar-refractivity contribution in [2.75, 3.05) is 11.4 Å². The molecule has 0 saturated carbocycles. The van der Waals surface area contributed by atoms with Crippen molar-refractivity contribution in [2.45, 2.75) is 52.6 Å². The van der Waals surface area contributed by atoms with Crippen molar-refractivity contribution in [3.05, 3.63) is 24.0 Å². The van der Waals surface area contributed by atoms with E-state index in [1.165, 1.54) is 30.5 Å². The van der Waals surface area contributed by atoms with Gasteiger partial charge in [-0.05, 0) is 31.9 Å². The largest absolute Gasteiger partial charge is 0.368 e. The van der Waals surface area contributed by atoms with Crippen LogP contribution in [0.25, 0.3) is 0 Å². The van der Waals surface area contributed by atoms with Crippen LogP contribution in [0.2, 0.25) is 0 Å². The monoisotopic (exact) mass is 235 g/mol. The Balaban J connectivity index is 2.81. The molecule has 0 aliphatic rings. The van der Waals surface area contributed by atoms with Crippen molar-refractivity contribution in [3.8, 4) is 0 Å². The Hall–Kier alpha value is -1.09. The molecule has 0 aliphatic carbocycles. The number of pyridine rings is 1. The van der Waals surface area contributed by atoms with E-state index in [0.29, 0.717) is 12.6 Å². The molecule has 1 aromatic rings. The summed E-state index contributed by atoms with van der Waals surface area (Å²) in [6.45, 7) is 8.34. The lowest BCUT2D eigenvalue weighted by Crippen LogP contribution is -2.33. The van der Waals surface area contributed by atoms with Gasteiger partial charge in [0.1, 0.15) is 0 Å². The van der Waals surface area contributed by atoms with Crippen molar-refractivity contribution < 1.29 is 0 Å². The lowest BCUT2D eigenvalue weighted by atomic mass is 10.1. The molecule has 17 heavy (non-hydrogen) atoms. The summed E-state index contributed by atoms with van der Waals surface area (Å²) >= 11 is 0. The second kappa shape index (κ2) is 7.28. The van der Waals surface area contributed by atoms with Gasteiger partial charge in [-0.2, -0.15) is 0 Å². The van der Waals surface area contributed by atoms with Crippen molar-refractivity contribution >= 4 is 5.69 Å². The number of hydrogen-bond acceptors (Lipinski definition) is 3. The van der Waals surface area contributed by atoms with Crippen LogP contribution in [0.15, 0.2) is 18.5 Å². The van der Waals surface area contributed by atoms with Gasteiger partial charge in [-0.15, -0.1) is 0 Å². The van der Waals surface area contributed by atoms with E-state index >= 15 is 0 Å². The van der Waals surface area contributed by atoms with E-state index < -0.39 is 0 Å². The highest BCUT2D eigenvalue weighted by Gasteiger charge is 2.13. The molecule has 3 nitrogen and oxygen atoms in total. The van der Waals surface area contributed by atoms with E-state index in [4.69, 9.17) is 5.73 Å². The van der Waals surface area contributed by atoms with Crippen LogP contribution in [0.3, 0.4) is 0 Å². The van der Waals surface area contributed by atoms with E-state index in [-0.39, 0.29) is 0 Å². The Morgan fingerprint density at radius 3 is 2.71 bits per heavy atom. The number of unbranched alkanes of at least 4 members (excludes halogenated alkanes) is 2. The summed E-state index contributed by atoms with van der Waals surface area (Å²) in [6, 6.07) is 2.51. The van der Waals surface area contributed by atoms with E-state index in [0.717, 1.165) is 6.54 Å². The molecule has 0 fully saturated rings. The molecule has 0 atom stereocenters. The lowest BCUT2D eigenvalue weighted by Gasteiger charge is -2.30. The number of aromatic nitrogens is 1. The highest BCUT2D eigenvalue weighted by Crippen LogP contribution is 2.21. The van der Waals surface area contributed by atoms with Crippen LogP contribution in [-0.2, 0) is 6.54 Å². The molecule has 0 saturated heterocycles. The van der Waals surface area contributed by atoms with Crippen molar-refractivity contribution in [1.29, 1.82) is 0 Å². The third-order valence-electron chi connectivity index (χ3n) is 3.04. The summed E-state index contributed by atoms with van der Waals surface area (Å²) in [5.41, 5.74) is 8.17. The van der Waals surface area contributed by atoms with Crippen molar-refractivity contribution in [1.82, 2.24) is 4.98 Å². The zero-order valence-corrected chi connectivity index (χ0v) is 11.3. The zero-order chi connectivity index (χ0) is 12.7. The predicted molar refractivity (Wildman–Crippen MR) is 74.1 cm³/mol. The summed E-state index contributed by atoms with van der Waals surface area (Å²) in [4.78, 5) is 6.64. The van der Waals surface area contributed by atoms with Crippen LogP contribution in [0.5, 0.6) is 0 Å². The molecule has 0 spiro atoms. The first-order valence-electron chi connectivity index (χ1n) is 6.60. The number of nitrogens with two attached hydrogens (primary N) is 1. The Morgan fingerprint density at radius 1 is 1.35 bits per heavy atom. The van der Waals surface area contributed by atoms with E-state index in [1.807, 2.05) is 18.5 Å². The van der Waals surface area contributed by atoms with E-state index in [1.54, 1.807) is 0 Å². The first-order chi connectivity index (χ1) is 8.20. The fourth-order valence-corrected chi connectivity index (χ4v) is 2.04. The Morgan fingerprint density at radius 2 is 2.12 bits per heavy atom. The number of anilines is 1. The minimum absolute atomic E-state index is 0.487. The van der Waals surface area contributed by atoms with Gasteiger partial charge < -0.3 is 10.6 Å². The van der Waals surface area contributed by atoms with Crippen LogP contribution in [0, 0.1) is 0 Å². The molecular formula is C14H25N3. The van der Waals surface area contributed by atoms with Crippen LogP contribution >= 0.6 is 0 Å². The molecule has 1 rings (SSSR count). The highest BCUT2D eigenvalue weighted by molar-refractivity contribution is 5.52. The second-order valence-electron chi connectivity index (χ2n) is 4.70. The normalized spacial score (nSPS) is 10.9. The quantitative estimate of drug-likeness (QED) is 0.739. The fraction of sp³-hybridized carbons (Fsp3) is 0.643. The third-order valence-corrected chi connectivity index (χ3v) is 3.04. The van der Waals surface area contributed by atoms with Crippen molar-refractivity contribution in [2.24, 2.45) is 5.73 Å². The average Bonchev–Trinajstić information content (AvgIpc) is 2.34. The van der Waals surface area contributed by atoms with Crippen LogP contribution in [0.4, 0.5) is 5.69 Å². The molecular weight excluding hydrogens is 210 g/mol. The van der Waals surface area contributed by atoms with Gasteiger partial charge in [-0.3, -0.25) is 4.98 Å². The topological polar surface area (TPSA) is 42.2 Å². The van der Waals surface area contributed by atoms with Gasteiger partial charge in [0.15, 0.2) is 0 Å². The molecule has 3 heteroatoms. The van der Waals surface area contributed by atoms with Crippen molar-refractivity contribution in [3.63, 3.8) is 0 Å². The molecule has 0 aromatic carbocycles. The third kappa shape index (κ3) is 4.00. The van der Waals surface area contributed by atoms with Gasteiger partial charge in [-0.1, -0.05) is 19.8 Å². The summed E-state index contributed by atoms with van der Waals surface area (Å²) in [5, 5.41) is 0. The van der Waals surface area contributed by atoms with E-state index in [2.05, 4.69) is 30.7 Å². The first-order valence-corrected chi connectivity index (χ1v) is 6.60. The van der Waals surface area contributed by atoms with Gasteiger partial charge in [-0.25, -0.2) is 0 Å². The molecule has 0 unspecified atom stereocenters. The Labute approximate surface area is 105 Å². The average molecular weight is 235 g/mol. The smallest absolute Gasteiger partial charge is 0.0600 e. The minimum Gasteiger partial charge on any atom is -0.368 e. The zero-order valence-electron chi connectivity index (χ0n) is 11.3. The standard InChI is InChI=1S/C14H25N3/c1-4-5-6-9-17(12(2)3)14-11-16-8-7-13(14)10-15/h7-8,11-12H,4-6,9-10,15H2,1-3H3. The molecule has 0 aliphatic heterocycles. The molecule has 0 amide bonds. The maximum atomic E-state index is 5.79. The Bertz CT molecular complexity index is 323. The SMILES string of the molecule is CCCCCN(c1cnccc1CN)C(C)C. The van der Waals surface area contributed by atoms with Crippen LogP contribution in [-0.4, -0.2) is 17.6 Å². The summed E-state index contributed by atoms with van der Waals surface area (Å²) in [7, 11) is 0. The Kier molecular flexibility index (Phi) is 5.98. The minimum atomic E-state index is 0.487. The van der Waals surface area contributed by atoms with Gasteiger partial charge >= 0.3 is 0 Å². The fourth-order valence-electron chi connectivity index (χ4n) is 2.04. The molecule has 0 bridgehead atoms. The summed E-state index contributed by atoms with van der Waals surface area (Å²) in [5.74, 6) is 0. The number of hydrogen-bond donors (Lipinski definition) is 1. The van der Waals surface area contributed by atoms with Gasteiger partial charge in [0.05, 0.1) is 11.9 Å². The summed E-state index contributed by atoms with van der Waals surface area (Å²) in [6.07, 6.45) is 7.52. The number of rotatable bonds is 7. The van der Waals surface area contributed by atoms with Gasteiger partial charge in [0.2, 0.25) is 0 Å². The first kappa shape index (κ1) is 14.0. The lowest BCUT2D eigenvalue weighted by molar-refractivity contribution is 0.623.